The van der Waals surface area contributed by atoms with Gasteiger partial charge in [-0.15, -0.1) is 0 Å². The first-order valence-electron chi connectivity index (χ1n) is 13.9. The Labute approximate surface area is 230 Å². The third-order valence-corrected chi connectivity index (χ3v) is 7.97. The zero-order valence-corrected chi connectivity index (χ0v) is 23.2. The summed E-state index contributed by atoms with van der Waals surface area (Å²) in [7, 11) is 3.19. The molecule has 0 bridgehead atoms. The second-order valence-corrected chi connectivity index (χ2v) is 10.6. The summed E-state index contributed by atoms with van der Waals surface area (Å²) in [5.74, 6) is 2.02. The monoisotopic (exact) mass is 535 g/mol. The van der Waals surface area contributed by atoms with Crippen molar-refractivity contribution in [2.24, 2.45) is 21.8 Å². The highest BCUT2D eigenvalue weighted by Crippen LogP contribution is 2.34. The Bertz CT molecular complexity index is 1180. The first-order valence-corrected chi connectivity index (χ1v) is 13.9. The second kappa shape index (κ2) is 13.5. The van der Waals surface area contributed by atoms with Crippen molar-refractivity contribution >= 4 is 29.8 Å². The number of nitrogens with zero attached hydrogens (tertiary/aromatic N) is 4. The molecule has 0 spiro atoms. The maximum Gasteiger partial charge on any atom is 0.410 e. The van der Waals surface area contributed by atoms with Crippen LogP contribution in [0.15, 0.2) is 40.3 Å². The third-order valence-electron chi connectivity index (χ3n) is 7.97. The van der Waals surface area contributed by atoms with Crippen molar-refractivity contribution in [2.45, 2.75) is 77.0 Å². The molecular weight excluding hydrogens is 494 g/mol. The lowest BCUT2D eigenvalue weighted by molar-refractivity contribution is 0.124. The van der Waals surface area contributed by atoms with Gasteiger partial charge in [0.25, 0.3) is 0 Å². The smallest absolute Gasteiger partial charge is 0.410 e. The Morgan fingerprint density at radius 3 is 2.51 bits per heavy atom. The van der Waals surface area contributed by atoms with Crippen LogP contribution in [-0.4, -0.2) is 58.8 Å². The number of hydrogen-bond acceptors (Lipinski definition) is 6. The number of aliphatic imine (C=N–C) groups is 2. The van der Waals surface area contributed by atoms with E-state index in [0.29, 0.717) is 17.7 Å². The molecule has 1 aromatic carbocycles. The van der Waals surface area contributed by atoms with Crippen LogP contribution in [0.5, 0.6) is 0 Å². The highest BCUT2D eigenvalue weighted by Gasteiger charge is 2.29. The number of benzene rings is 1. The fraction of sp³-hybridized carbons (Fsp3) is 0.552. The summed E-state index contributed by atoms with van der Waals surface area (Å²) in [4.78, 5) is 25.3. The van der Waals surface area contributed by atoms with Crippen molar-refractivity contribution in [3.05, 3.63) is 47.4 Å². The van der Waals surface area contributed by atoms with Gasteiger partial charge in [-0.3, -0.25) is 20.7 Å². The van der Waals surface area contributed by atoms with Crippen LogP contribution in [0.1, 0.15) is 81.5 Å². The van der Waals surface area contributed by atoms with Crippen LogP contribution in [0.4, 0.5) is 10.6 Å². The summed E-state index contributed by atoms with van der Waals surface area (Å²) in [6.07, 6.45) is 9.82. The molecule has 10 heteroatoms. The summed E-state index contributed by atoms with van der Waals surface area (Å²) in [5.41, 5.74) is 1.77. The predicted molar refractivity (Wildman–Crippen MR) is 154 cm³/mol. The normalized spacial score (nSPS) is 18.5. The van der Waals surface area contributed by atoms with Gasteiger partial charge in [0.1, 0.15) is 17.6 Å². The van der Waals surface area contributed by atoms with E-state index in [2.05, 4.69) is 27.1 Å². The van der Waals surface area contributed by atoms with E-state index in [9.17, 15) is 4.79 Å². The number of carboxylic acid groups (broad SMARTS) is 1. The molecule has 2 aliphatic rings. The van der Waals surface area contributed by atoms with Crippen molar-refractivity contribution in [1.29, 1.82) is 5.41 Å². The van der Waals surface area contributed by atoms with Gasteiger partial charge in [-0.1, -0.05) is 56.0 Å². The van der Waals surface area contributed by atoms with Gasteiger partial charge in [0.2, 0.25) is 0 Å². The van der Waals surface area contributed by atoms with Gasteiger partial charge in [-0.05, 0) is 50.0 Å². The summed E-state index contributed by atoms with van der Waals surface area (Å²) in [6.45, 7) is 2.93. The van der Waals surface area contributed by atoms with E-state index in [4.69, 9.17) is 25.2 Å². The Hall–Kier alpha value is -3.53. The number of amidine groups is 2. The number of imidazole rings is 1. The number of nitrogens with one attached hydrogen (secondary N) is 3. The molecule has 1 amide bonds. The number of methoxy groups -OCH3 is 1. The third kappa shape index (κ3) is 7.11. The van der Waals surface area contributed by atoms with Gasteiger partial charge in [-0.2, -0.15) is 0 Å². The van der Waals surface area contributed by atoms with Crippen molar-refractivity contribution in [3.8, 4) is 0 Å². The summed E-state index contributed by atoms with van der Waals surface area (Å²) in [5, 5.41) is 22.5. The lowest BCUT2D eigenvalue weighted by Gasteiger charge is -2.29. The number of rotatable bonds is 9. The van der Waals surface area contributed by atoms with E-state index >= 15 is 0 Å². The SMILES string of the molecule is CN=C(Nc1nc(C(OC)c2ccccc2)n(CC2CCCCC2)c1C=N[C@H](C)C1CCC1)C(=N)NC(=O)O. The molecule has 39 heavy (non-hydrogen) atoms. The van der Waals surface area contributed by atoms with Crippen molar-refractivity contribution < 1.29 is 14.6 Å². The maximum absolute atomic E-state index is 11.2. The summed E-state index contributed by atoms with van der Waals surface area (Å²) in [6, 6.07) is 10.2. The largest absolute Gasteiger partial charge is 0.465 e. The van der Waals surface area contributed by atoms with E-state index in [1.807, 2.05) is 36.5 Å². The van der Waals surface area contributed by atoms with Crippen molar-refractivity contribution in [2.75, 3.05) is 19.5 Å². The molecule has 0 aliphatic heterocycles. The van der Waals surface area contributed by atoms with Gasteiger partial charge in [0.15, 0.2) is 17.5 Å². The first kappa shape index (κ1) is 28.5. The minimum absolute atomic E-state index is 0.0710. The van der Waals surface area contributed by atoms with E-state index in [1.54, 1.807) is 7.11 Å². The number of ether oxygens (including phenoxy) is 1. The molecule has 2 saturated carbocycles. The van der Waals surface area contributed by atoms with Crippen LogP contribution in [0.3, 0.4) is 0 Å². The topological polar surface area (TPSA) is 137 Å². The first-order chi connectivity index (χ1) is 18.9. The summed E-state index contributed by atoms with van der Waals surface area (Å²) >= 11 is 0. The minimum atomic E-state index is -1.33. The second-order valence-electron chi connectivity index (χ2n) is 10.6. The molecule has 2 aliphatic carbocycles. The lowest BCUT2D eigenvalue weighted by Crippen LogP contribution is -2.38. The fourth-order valence-corrected chi connectivity index (χ4v) is 5.49. The van der Waals surface area contributed by atoms with E-state index in [1.165, 1.54) is 45.6 Å². The van der Waals surface area contributed by atoms with Crippen molar-refractivity contribution in [1.82, 2.24) is 14.9 Å². The highest BCUT2D eigenvalue weighted by molar-refractivity contribution is 6.45. The number of aromatic nitrogens is 2. The molecule has 1 heterocycles. The van der Waals surface area contributed by atoms with E-state index in [0.717, 1.165) is 36.5 Å². The summed E-state index contributed by atoms with van der Waals surface area (Å²) < 4.78 is 8.23. The zero-order chi connectivity index (χ0) is 27.8. The molecule has 2 fully saturated rings. The van der Waals surface area contributed by atoms with E-state index in [-0.39, 0.29) is 17.7 Å². The Morgan fingerprint density at radius 2 is 1.92 bits per heavy atom. The zero-order valence-electron chi connectivity index (χ0n) is 23.2. The maximum atomic E-state index is 11.2. The van der Waals surface area contributed by atoms with Gasteiger partial charge in [-0.25, -0.2) is 9.78 Å². The van der Waals surface area contributed by atoms with Gasteiger partial charge in [0, 0.05) is 26.9 Å². The number of hydrogen-bond donors (Lipinski definition) is 4. The molecule has 4 N–H and O–H groups in total. The van der Waals surface area contributed by atoms with Gasteiger partial charge < -0.3 is 19.7 Å². The Balaban J connectivity index is 1.80. The molecule has 10 nitrogen and oxygen atoms in total. The van der Waals surface area contributed by atoms with Crippen LogP contribution in [-0.2, 0) is 11.3 Å². The average molecular weight is 536 g/mol. The van der Waals surface area contributed by atoms with Crippen LogP contribution in [0.25, 0.3) is 0 Å². The molecular formula is C29H41N7O3. The Kier molecular flexibility index (Phi) is 9.86. The molecule has 4 rings (SSSR count). The predicted octanol–water partition coefficient (Wildman–Crippen LogP) is 5.49. The quantitative estimate of drug-likeness (QED) is 0.248. The number of carbonyl (C=O) groups is 1. The molecule has 1 aromatic heterocycles. The van der Waals surface area contributed by atoms with Crippen LogP contribution >= 0.6 is 0 Å². The molecule has 1 unspecified atom stereocenters. The van der Waals surface area contributed by atoms with Crippen molar-refractivity contribution in [3.63, 3.8) is 0 Å². The van der Waals surface area contributed by atoms with Crippen LogP contribution < -0.4 is 10.6 Å². The average Bonchev–Trinajstić information content (AvgIpc) is 3.22. The lowest BCUT2D eigenvalue weighted by atomic mass is 9.81. The number of anilines is 1. The molecule has 2 atom stereocenters. The molecule has 2 aromatic rings. The highest BCUT2D eigenvalue weighted by atomic mass is 16.5. The fourth-order valence-electron chi connectivity index (χ4n) is 5.49. The number of amides is 1. The minimum Gasteiger partial charge on any atom is -0.465 e. The van der Waals surface area contributed by atoms with Crippen LogP contribution in [0, 0.1) is 17.2 Å². The Morgan fingerprint density at radius 1 is 1.21 bits per heavy atom. The molecule has 0 radical (unpaired) electrons. The van der Waals surface area contributed by atoms with Gasteiger partial charge in [0.05, 0.1) is 6.04 Å². The standard InChI is InChI=1S/C29H41N7O3/c1-19(21-15-10-16-21)32-17-23-26(34-27(31-2)25(30)33-29(37)38)35-28(24(39-3)22-13-8-5-9-14-22)36(23)18-20-11-6-4-7-12-20/h5,8-9,13-14,17,19-21,24H,4,6-7,10-12,15-16,18H2,1-3H3,(H2,30,33)(H,31,34)(H,37,38)/t19-,24?/m1/s1. The van der Waals surface area contributed by atoms with E-state index < -0.39 is 12.2 Å². The van der Waals surface area contributed by atoms with Crippen LogP contribution in [0.2, 0.25) is 0 Å². The molecule has 210 valence electrons. The van der Waals surface area contributed by atoms with Gasteiger partial charge >= 0.3 is 6.09 Å². The molecule has 0 saturated heterocycles.